The van der Waals surface area contributed by atoms with Gasteiger partial charge in [0, 0.05) is 39.0 Å². The Kier molecular flexibility index (Phi) is 55.4. The Morgan fingerprint density at radius 2 is 1.21 bits per heavy atom. The topological polar surface area (TPSA) is 170 Å². The molecule has 2 N–H and O–H groups in total. The zero-order chi connectivity index (χ0) is 51.3. The van der Waals surface area contributed by atoms with Gasteiger partial charge in [-0.25, -0.2) is 14.6 Å². The second-order valence-corrected chi connectivity index (χ2v) is 19.8. The minimum Gasteiger partial charge on any atom is -0.465 e. The number of carbonyl (C=O) groups is 5. The Balaban J connectivity index is -0.000000171. The quantitative estimate of drug-likeness (QED) is 0.0110. The number of halogens is 1. The van der Waals surface area contributed by atoms with E-state index in [9.17, 15) is 24.0 Å². The van der Waals surface area contributed by atoms with E-state index in [4.69, 9.17) is 31.5 Å². The summed E-state index contributed by atoms with van der Waals surface area (Å²) in [5.74, 6) is 3.77. The van der Waals surface area contributed by atoms with E-state index in [1.165, 1.54) is 110 Å². The third-order valence-corrected chi connectivity index (χ3v) is 10.1. The van der Waals surface area contributed by atoms with Crippen molar-refractivity contribution in [1.29, 1.82) is 0 Å². The maximum Gasteiger partial charge on any atom is 0.432 e. The number of rotatable bonds is 29. The van der Waals surface area contributed by atoms with Crippen LogP contribution in [0.2, 0.25) is 6.82 Å². The Bertz CT molecular complexity index is 1150. The van der Waals surface area contributed by atoms with Gasteiger partial charge in [0.1, 0.15) is 25.1 Å². The molecule has 0 saturated carbocycles. The SMILES string of the molecule is CC(=O)OCC(C)(C=O)COC(=O)Cl.CC(C)CCCC(C)CCOC(=O)CN.CCCCC(C)CCCC(C)C.CCCCCCCOC.CC[C-](C)B(C)/C=N/C(=O)OC(C)(C)C.[No]. The van der Waals surface area contributed by atoms with Gasteiger partial charge in [0.2, 0.25) is 0 Å². The van der Waals surface area contributed by atoms with E-state index in [1.807, 2.05) is 27.6 Å². The van der Waals surface area contributed by atoms with Crippen LogP contribution in [0.3, 0.4) is 0 Å². The molecule has 66 heavy (non-hydrogen) atoms. The molecule has 0 radical (unpaired) electrons. The van der Waals surface area contributed by atoms with Crippen LogP contribution < -0.4 is 5.73 Å². The summed E-state index contributed by atoms with van der Waals surface area (Å²) in [4.78, 5) is 57.1. The van der Waals surface area contributed by atoms with Crippen molar-refractivity contribution in [3.05, 3.63) is 5.82 Å². The van der Waals surface area contributed by atoms with Crippen molar-refractivity contribution < 1.29 is 47.7 Å². The van der Waals surface area contributed by atoms with Crippen molar-refractivity contribution >= 4 is 54.2 Å². The van der Waals surface area contributed by atoms with Gasteiger partial charge in [-0.05, 0) is 64.2 Å². The van der Waals surface area contributed by atoms with Gasteiger partial charge < -0.3 is 40.0 Å². The number of unbranched alkanes of at least 4 members (excludes halogenated alkanes) is 5. The van der Waals surface area contributed by atoms with Crippen LogP contribution >= 0.6 is 11.6 Å². The fourth-order valence-corrected chi connectivity index (χ4v) is 5.44. The summed E-state index contributed by atoms with van der Waals surface area (Å²) >= 11 is 4.92. The van der Waals surface area contributed by atoms with Gasteiger partial charge in [0.15, 0.2) is 0 Å². The summed E-state index contributed by atoms with van der Waals surface area (Å²) in [6.45, 7) is 33.9. The molecule has 0 aromatic carbocycles. The van der Waals surface area contributed by atoms with Gasteiger partial charge in [-0.15, -0.1) is 6.82 Å². The van der Waals surface area contributed by atoms with E-state index in [-0.39, 0.29) is 32.4 Å². The molecule has 0 heterocycles. The molecule has 0 rings (SSSR count). The molecule has 400 valence electrons. The Morgan fingerprint density at radius 1 is 0.727 bits per heavy atom. The molecule has 0 spiro atoms. The summed E-state index contributed by atoms with van der Waals surface area (Å²) < 4.78 is 24.0. The molecule has 0 aliphatic rings. The Hall–Kier alpha value is -3.51. The third kappa shape index (κ3) is 64.8. The van der Waals surface area contributed by atoms with E-state index in [0.717, 1.165) is 37.2 Å². The van der Waals surface area contributed by atoms with Gasteiger partial charge in [-0.3, -0.25) is 9.59 Å². The molecule has 0 aliphatic heterocycles. The molecule has 3 unspecified atom stereocenters. The first-order valence-corrected chi connectivity index (χ1v) is 25.0. The van der Waals surface area contributed by atoms with Crippen LogP contribution in [0.5, 0.6) is 0 Å². The molecular weight excluding hydrogens is 1110 g/mol. The summed E-state index contributed by atoms with van der Waals surface area (Å²) in [7, 11) is 1.76. The fourth-order valence-electron chi connectivity index (χ4n) is 5.38. The van der Waals surface area contributed by atoms with Crippen LogP contribution in [0.1, 0.15) is 207 Å². The van der Waals surface area contributed by atoms with Gasteiger partial charge in [-0.2, -0.15) is 13.3 Å². The molecule has 3 atom stereocenters. The number of amides is 1. The fraction of sp³-hybridized carbons (Fsp3) is 0.863. The maximum atomic E-state index is 11.2. The van der Waals surface area contributed by atoms with Crippen LogP contribution in [0, 0.1) is 34.9 Å². The number of hydrogen-bond donors (Lipinski definition) is 1. The maximum absolute atomic E-state index is 11.2. The number of esters is 2. The molecule has 1 amide bonds. The van der Waals surface area contributed by atoms with E-state index in [0.29, 0.717) is 18.8 Å². The molecule has 0 aromatic rings. The van der Waals surface area contributed by atoms with Crippen molar-refractivity contribution in [2.45, 2.75) is 219 Å². The van der Waals surface area contributed by atoms with Crippen molar-refractivity contribution in [2.24, 2.45) is 39.8 Å². The first-order chi connectivity index (χ1) is 30.3. The largest absolute Gasteiger partial charge is 0.465 e. The van der Waals surface area contributed by atoms with Crippen molar-refractivity contribution in [1.82, 2.24) is 0 Å². The zero-order valence-corrected chi connectivity index (χ0v) is 48.1. The van der Waals surface area contributed by atoms with E-state index < -0.39 is 28.5 Å². The third-order valence-electron chi connectivity index (χ3n) is 10.0. The van der Waals surface area contributed by atoms with Gasteiger partial charge in [0.25, 0.3) is 0 Å². The van der Waals surface area contributed by atoms with Crippen LogP contribution in [0.25, 0.3) is 0 Å². The number of ether oxygens (including phenoxy) is 5. The standard InChI is InChI=1S/C12H25NO2.C12H26.C11H21BNO2.C8H11ClO5.C8H18O.No/c1-10(2)5-4-6-11(3)7-8-15-12(14)9-13;1-5-6-9-12(4)10-7-8-11(2)3;1-7-9(2)12(6)8-13-10(14)15-11(3,4)5;1-6(11)13-4-8(2,3-10)5-14-7(9)12;1-3-4-5-6-7-8-9-2;/h10-11H,4-9,13H2,1-3H3;11-12H,5-10H2,1-4H3;8H,7H2,1-6H3;3H,4-5H2,1-2H3;3-8H2,1-2H3;/q;;-1;;;/b;;13-8+;;;. The van der Waals surface area contributed by atoms with Gasteiger partial charge in [-0.1, -0.05) is 152 Å². The minimum atomic E-state index is -1.05. The van der Waals surface area contributed by atoms with Crippen LogP contribution in [-0.4, -0.2) is 88.3 Å². The predicted octanol–water partition coefficient (Wildman–Crippen LogP) is 13.9. The number of aliphatic imine (C=N–C) groups is 1. The van der Waals surface area contributed by atoms with Crippen LogP contribution in [0.15, 0.2) is 4.99 Å². The molecular formula is C51H101BClN2NoO10-. The number of nitrogens with zero attached hydrogens (tertiary/aromatic N) is 1. The summed E-state index contributed by atoms with van der Waals surface area (Å²) in [6, 6.07) is 0. The monoisotopic (exact) mass is 1210 g/mol. The normalized spacial score (nSPS) is 12.5. The van der Waals surface area contributed by atoms with E-state index in [1.54, 1.807) is 13.2 Å². The van der Waals surface area contributed by atoms with Crippen LogP contribution in [0.4, 0.5) is 9.59 Å². The molecule has 0 saturated heterocycles. The second-order valence-electron chi connectivity index (χ2n) is 19.4. The number of hydrogen-bond acceptors (Lipinski definition) is 11. The van der Waals surface area contributed by atoms with E-state index in [2.05, 4.69) is 83.7 Å². The smallest absolute Gasteiger partial charge is 0.432 e. The molecule has 0 aliphatic carbocycles. The van der Waals surface area contributed by atoms with Crippen molar-refractivity contribution in [3.63, 3.8) is 0 Å². The molecule has 0 fully saturated rings. The summed E-state index contributed by atoms with van der Waals surface area (Å²) in [5.41, 5.74) is 2.61. The predicted molar refractivity (Wildman–Crippen MR) is 274 cm³/mol. The number of aldehydes is 1. The summed E-state index contributed by atoms with van der Waals surface area (Å²) in [5, 5.41) is 0. The molecule has 0 aromatic heterocycles. The molecule has 12 nitrogen and oxygen atoms in total. The van der Waals surface area contributed by atoms with Gasteiger partial charge in [0.05, 0.1) is 18.6 Å². The van der Waals surface area contributed by atoms with Crippen molar-refractivity contribution in [2.75, 3.05) is 40.1 Å². The van der Waals surface area contributed by atoms with Crippen LogP contribution in [-0.2, 0) is 38.1 Å². The van der Waals surface area contributed by atoms with Crippen molar-refractivity contribution in [3.8, 4) is 0 Å². The minimum absolute atomic E-state index is 0. The number of nitrogens with two attached hydrogens (primary N) is 1. The average Bonchev–Trinajstić information content (AvgIpc) is 3.23. The number of methoxy groups -OCH3 is 1. The second kappa shape index (κ2) is 49.4. The average molecular weight is 1210 g/mol. The van der Waals surface area contributed by atoms with E-state index >= 15 is 0 Å². The number of carbonyl (C=O) groups excluding carboxylic acids is 5. The zero-order valence-electron chi connectivity index (χ0n) is 45.1. The molecule has 15 heteroatoms. The Labute approximate surface area is 405 Å². The first kappa shape index (κ1) is 74.0. The Morgan fingerprint density at radius 3 is 1.62 bits per heavy atom. The van der Waals surface area contributed by atoms with Gasteiger partial charge >= 0.3 is 23.5 Å². The summed E-state index contributed by atoms with van der Waals surface area (Å²) in [6.07, 6.45) is 22.6. The first-order valence-electron chi connectivity index (χ1n) is 24.7. The molecule has 0 bridgehead atoms.